The molecule has 0 radical (unpaired) electrons. The second kappa shape index (κ2) is 7.00. The number of nitrogens with one attached hydrogen (secondary N) is 1. The predicted molar refractivity (Wildman–Crippen MR) is 94.3 cm³/mol. The topological polar surface area (TPSA) is 90.1 Å². The van der Waals surface area contributed by atoms with Gasteiger partial charge in [-0.25, -0.2) is 0 Å². The minimum Gasteiger partial charge on any atom is -0.484 e. The fourth-order valence-corrected chi connectivity index (χ4v) is 3.37. The van der Waals surface area contributed by atoms with Crippen molar-refractivity contribution in [2.24, 2.45) is 5.92 Å². The number of nitrogens with zero attached hydrogens (tertiary/aromatic N) is 3. The van der Waals surface area contributed by atoms with E-state index in [0.717, 1.165) is 25.7 Å². The molecule has 2 aromatic heterocycles. The van der Waals surface area contributed by atoms with E-state index < -0.39 is 24.2 Å². The Bertz CT molecular complexity index is 922. The molecule has 0 spiro atoms. The van der Waals surface area contributed by atoms with Crippen LogP contribution in [0.3, 0.4) is 0 Å². The molecule has 0 aliphatic heterocycles. The molecule has 2 fully saturated rings. The Balaban J connectivity index is 1.57. The van der Waals surface area contributed by atoms with Crippen molar-refractivity contribution >= 4 is 5.91 Å². The molecule has 4 rings (SSSR count). The maximum atomic E-state index is 12.9. The van der Waals surface area contributed by atoms with E-state index in [9.17, 15) is 18.0 Å². The van der Waals surface area contributed by atoms with E-state index in [1.165, 1.54) is 12.3 Å². The normalized spacial score (nSPS) is 18.9. The van der Waals surface area contributed by atoms with Crippen LogP contribution in [0.15, 0.2) is 16.8 Å². The number of ether oxygens (including phenoxy) is 1. The van der Waals surface area contributed by atoms with Gasteiger partial charge in [0.25, 0.3) is 5.91 Å². The van der Waals surface area contributed by atoms with Gasteiger partial charge in [0, 0.05) is 24.8 Å². The number of rotatable bonds is 7. The Morgan fingerprint density at radius 2 is 2.03 bits per heavy atom. The van der Waals surface area contributed by atoms with Gasteiger partial charge in [0.1, 0.15) is 17.0 Å². The summed E-state index contributed by atoms with van der Waals surface area (Å²) in [5.74, 6) is 0.552. The Labute approximate surface area is 165 Å². The number of aryl methyl sites for hydroxylation is 1. The highest BCUT2D eigenvalue weighted by Crippen LogP contribution is 2.46. The van der Waals surface area contributed by atoms with Crippen molar-refractivity contribution < 1.29 is 27.2 Å². The number of carbonyl (C=O) groups excluding carboxylic acids is 1. The molecular formula is C19H21F3N4O3. The van der Waals surface area contributed by atoms with Crippen LogP contribution < -0.4 is 10.1 Å². The van der Waals surface area contributed by atoms with Crippen molar-refractivity contribution in [2.75, 3.05) is 6.61 Å². The minimum absolute atomic E-state index is 0.0151. The lowest BCUT2D eigenvalue weighted by Crippen LogP contribution is -2.46. The highest BCUT2D eigenvalue weighted by Gasteiger charge is 2.47. The molecule has 1 atom stereocenters. The summed E-state index contributed by atoms with van der Waals surface area (Å²) in [6.07, 6.45) is 0.509. The zero-order valence-corrected chi connectivity index (χ0v) is 16.0. The van der Waals surface area contributed by atoms with Gasteiger partial charge < -0.3 is 14.6 Å². The van der Waals surface area contributed by atoms with Gasteiger partial charge in [-0.2, -0.15) is 18.2 Å². The summed E-state index contributed by atoms with van der Waals surface area (Å²) < 4.78 is 47.9. The molecule has 2 aliphatic carbocycles. The molecule has 10 heteroatoms. The van der Waals surface area contributed by atoms with E-state index >= 15 is 0 Å². The molecule has 156 valence electrons. The lowest BCUT2D eigenvalue weighted by atomic mass is 9.94. The number of hydrogen-bond acceptors (Lipinski definition) is 6. The van der Waals surface area contributed by atoms with Crippen molar-refractivity contribution in [2.45, 2.75) is 57.2 Å². The third-order valence-corrected chi connectivity index (χ3v) is 5.30. The van der Waals surface area contributed by atoms with Crippen LogP contribution in [0.4, 0.5) is 13.2 Å². The molecule has 1 unspecified atom stereocenters. The van der Waals surface area contributed by atoms with E-state index in [4.69, 9.17) is 9.26 Å². The first-order valence-electron chi connectivity index (χ1n) is 9.48. The summed E-state index contributed by atoms with van der Waals surface area (Å²) in [5.41, 5.74) is -0.262. The van der Waals surface area contributed by atoms with Crippen molar-refractivity contribution in [1.82, 2.24) is 20.4 Å². The van der Waals surface area contributed by atoms with E-state index in [2.05, 4.69) is 20.4 Å². The molecular weight excluding hydrogens is 389 g/mol. The molecule has 2 heterocycles. The van der Waals surface area contributed by atoms with Crippen LogP contribution in [0.1, 0.15) is 66.3 Å². The fourth-order valence-electron chi connectivity index (χ4n) is 3.37. The number of pyridine rings is 1. The van der Waals surface area contributed by atoms with Gasteiger partial charge in [-0.3, -0.25) is 9.78 Å². The van der Waals surface area contributed by atoms with Gasteiger partial charge >= 0.3 is 6.18 Å². The second-order valence-corrected chi connectivity index (χ2v) is 7.85. The summed E-state index contributed by atoms with van der Waals surface area (Å²) >= 11 is 0. The molecule has 2 saturated carbocycles. The summed E-state index contributed by atoms with van der Waals surface area (Å²) in [6.45, 7) is 2.06. The Morgan fingerprint density at radius 1 is 1.31 bits per heavy atom. The average molecular weight is 410 g/mol. The third-order valence-electron chi connectivity index (χ3n) is 5.30. The molecule has 1 N–H and O–H groups in total. The third kappa shape index (κ3) is 4.35. The number of carbonyl (C=O) groups is 1. The summed E-state index contributed by atoms with van der Waals surface area (Å²) in [7, 11) is 0. The van der Waals surface area contributed by atoms with Gasteiger partial charge in [0.05, 0.1) is 0 Å². The number of hydrogen-bond donors (Lipinski definition) is 1. The molecule has 0 saturated heterocycles. The SMILES string of the molecule is Cc1nc(C(C)(NC(=O)c2cc(OCC(F)(F)F)c(C3CC3)cn2)C2CC2)no1. The standard InChI is InChI=1S/C19H21F3N4O3/c1-10-24-17(26-29-10)18(2,12-5-6-12)25-16(27)14-7-15(28-9-19(20,21)22)13(8-23-14)11-3-4-11/h7-8,11-12H,3-6,9H2,1-2H3,(H,25,27). The summed E-state index contributed by atoms with van der Waals surface area (Å²) in [6, 6.07) is 1.28. The van der Waals surface area contributed by atoms with Gasteiger partial charge in [0.2, 0.25) is 5.89 Å². The first kappa shape index (κ1) is 19.7. The van der Waals surface area contributed by atoms with Crippen LogP contribution >= 0.6 is 0 Å². The van der Waals surface area contributed by atoms with E-state index in [1.807, 2.05) is 6.92 Å². The van der Waals surface area contributed by atoms with Crippen molar-refractivity contribution in [3.63, 3.8) is 0 Å². The van der Waals surface area contributed by atoms with E-state index in [0.29, 0.717) is 17.3 Å². The number of halogens is 3. The lowest BCUT2D eigenvalue weighted by molar-refractivity contribution is -0.153. The maximum Gasteiger partial charge on any atom is 0.422 e. The van der Waals surface area contributed by atoms with Crippen molar-refractivity contribution in [1.29, 1.82) is 0 Å². The van der Waals surface area contributed by atoms with E-state index in [1.54, 1.807) is 6.92 Å². The maximum absolute atomic E-state index is 12.9. The van der Waals surface area contributed by atoms with Crippen LogP contribution in [-0.2, 0) is 5.54 Å². The summed E-state index contributed by atoms with van der Waals surface area (Å²) in [4.78, 5) is 21.3. The van der Waals surface area contributed by atoms with Crippen LogP contribution in [0.25, 0.3) is 0 Å². The molecule has 7 nitrogen and oxygen atoms in total. The molecule has 2 aromatic rings. The number of amides is 1. The van der Waals surface area contributed by atoms with E-state index in [-0.39, 0.29) is 23.3 Å². The zero-order valence-electron chi connectivity index (χ0n) is 16.0. The molecule has 29 heavy (non-hydrogen) atoms. The van der Waals surface area contributed by atoms with Gasteiger partial charge in [-0.05, 0) is 44.4 Å². The number of aromatic nitrogens is 3. The fraction of sp³-hybridized carbons (Fsp3) is 0.579. The Hall–Kier alpha value is -2.65. The quantitative estimate of drug-likeness (QED) is 0.750. The Kier molecular flexibility index (Phi) is 4.74. The van der Waals surface area contributed by atoms with Crippen LogP contribution in [0, 0.1) is 12.8 Å². The minimum atomic E-state index is -4.46. The summed E-state index contributed by atoms with van der Waals surface area (Å²) in [5, 5.41) is 6.85. The monoisotopic (exact) mass is 410 g/mol. The largest absolute Gasteiger partial charge is 0.484 e. The van der Waals surface area contributed by atoms with Crippen LogP contribution in [0.2, 0.25) is 0 Å². The molecule has 0 bridgehead atoms. The average Bonchev–Trinajstić information content (AvgIpc) is 3.57. The first-order valence-corrected chi connectivity index (χ1v) is 9.48. The van der Waals surface area contributed by atoms with Crippen molar-refractivity contribution in [3.05, 3.63) is 35.2 Å². The lowest BCUT2D eigenvalue weighted by Gasteiger charge is -2.27. The van der Waals surface area contributed by atoms with Crippen LogP contribution in [0.5, 0.6) is 5.75 Å². The van der Waals surface area contributed by atoms with Crippen molar-refractivity contribution in [3.8, 4) is 5.75 Å². The highest BCUT2D eigenvalue weighted by molar-refractivity contribution is 5.93. The predicted octanol–water partition coefficient (Wildman–Crippen LogP) is 3.65. The van der Waals surface area contributed by atoms with Gasteiger partial charge in [0.15, 0.2) is 12.4 Å². The van der Waals surface area contributed by atoms with Crippen LogP contribution in [-0.4, -0.2) is 33.8 Å². The smallest absolute Gasteiger partial charge is 0.422 e. The molecule has 2 aliphatic rings. The number of alkyl halides is 3. The van der Waals surface area contributed by atoms with Gasteiger partial charge in [-0.15, -0.1) is 0 Å². The molecule has 0 aromatic carbocycles. The highest BCUT2D eigenvalue weighted by atomic mass is 19.4. The Morgan fingerprint density at radius 3 is 2.59 bits per heavy atom. The van der Waals surface area contributed by atoms with Gasteiger partial charge in [-0.1, -0.05) is 5.16 Å². The first-order chi connectivity index (χ1) is 13.7. The molecule has 1 amide bonds. The second-order valence-electron chi connectivity index (χ2n) is 7.85. The zero-order chi connectivity index (χ0) is 20.8.